The van der Waals surface area contributed by atoms with E-state index in [-0.39, 0.29) is 17.6 Å². The van der Waals surface area contributed by atoms with Crippen LogP contribution in [0.3, 0.4) is 0 Å². The Morgan fingerprint density at radius 3 is 2.71 bits per heavy atom. The molecule has 0 aliphatic carbocycles. The molecule has 1 saturated heterocycles. The average Bonchev–Trinajstić information content (AvgIpc) is 2.98. The van der Waals surface area contributed by atoms with Crippen LogP contribution >= 0.6 is 11.3 Å². The number of carbonyl (C=O) groups excluding carboxylic acids is 1. The molecule has 0 bridgehead atoms. The van der Waals surface area contributed by atoms with E-state index in [1.807, 2.05) is 23.8 Å². The summed E-state index contributed by atoms with van der Waals surface area (Å²) in [4.78, 5) is 12.1. The van der Waals surface area contributed by atoms with Gasteiger partial charge in [0.25, 0.3) is 0 Å². The van der Waals surface area contributed by atoms with Crippen LogP contribution < -0.4 is 5.32 Å². The zero-order chi connectivity index (χ0) is 15.3. The molecule has 7 heteroatoms. The molecule has 0 spiro atoms. The van der Waals surface area contributed by atoms with Gasteiger partial charge in [-0.05, 0) is 30.7 Å². The van der Waals surface area contributed by atoms with Gasteiger partial charge in [0.15, 0.2) is 0 Å². The van der Waals surface area contributed by atoms with Crippen molar-refractivity contribution in [3.05, 3.63) is 16.8 Å². The fourth-order valence-electron chi connectivity index (χ4n) is 2.43. The molecule has 0 unspecified atom stereocenters. The van der Waals surface area contributed by atoms with E-state index in [0.29, 0.717) is 32.4 Å². The first-order valence-electron chi connectivity index (χ1n) is 7.34. The van der Waals surface area contributed by atoms with Gasteiger partial charge in [-0.2, -0.15) is 11.3 Å². The number of rotatable bonds is 6. The van der Waals surface area contributed by atoms with Crippen molar-refractivity contribution in [3.8, 4) is 0 Å². The van der Waals surface area contributed by atoms with Gasteiger partial charge in [-0.25, -0.2) is 12.7 Å². The standard InChI is InChI=1S/C14H22N2O3S2/c1-2-3-10-21(18,19)16-7-4-12(5-8-16)14(17)15-13-6-9-20-11-13/h6,9,11-12H,2-5,7-8,10H2,1H3,(H,15,17). The monoisotopic (exact) mass is 330 g/mol. The lowest BCUT2D eigenvalue weighted by molar-refractivity contribution is -0.120. The third-order valence-corrected chi connectivity index (χ3v) is 6.40. The lowest BCUT2D eigenvalue weighted by atomic mass is 9.97. The van der Waals surface area contributed by atoms with E-state index in [2.05, 4.69) is 5.32 Å². The summed E-state index contributed by atoms with van der Waals surface area (Å²) >= 11 is 1.54. The summed E-state index contributed by atoms with van der Waals surface area (Å²) in [7, 11) is -3.14. The summed E-state index contributed by atoms with van der Waals surface area (Å²) in [5, 5.41) is 6.69. The van der Waals surface area contributed by atoms with Crippen molar-refractivity contribution < 1.29 is 13.2 Å². The number of anilines is 1. The number of sulfonamides is 1. The van der Waals surface area contributed by atoms with Crippen LogP contribution in [0.2, 0.25) is 0 Å². The van der Waals surface area contributed by atoms with Crippen LogP contribution in [0.5, 0.6) is 0 Å². The van der Waals surface area contributed by atoms with Crippen LogP contribution in [0.25, 0.3) is 0 Å². The molecule has 5 nitrogen and oxygen atoms in total. The van der Waals surface area contributed by atoms with Crippen LogP contribution in [-0.2, 0) is 14.8 Å². The molecule has 1 aromatic rings. The van der Waals surface area contributed by atoms with Gasteiger partial charge in [0.1, 0.15) is 0 Å². The molecule has 118 valence electrons. The van der Waals surface area contributed by atoms with E-state index in [0.717, 1.165) is 12.1 Å². The van der Waals surface area contributed by atoms with E-state index in [1.54, 1.807) is 0 Å². The van der Waals surface area contributed by atoms with Crippen molar-refractivity contribution in [1.82, 2.24) is 4.31 Å². The summed E-state index contributed by atoms with van der Waals surface area (Å²) in [6.07, 6.45) is 2.77. The number of nitrogens with one attached hydrogen (secondary N) is 1. The topological polar surface area (TPSA) is 66.5 Å². The molecular weight excluding hydrogens is 308 g/mol. The number of thiophene rings is 1. The molecule has 1 aromatic heterocycles. The van der Waals surface area contributed by atoms with Gasteiger partial charge in [0.05, 0.1) is 11.4 Å². The number of nitrogens with zero attached hydrogens (tertiary/aromatic N) is 1. The Labute approximate surface area is 130 Å². The van der Waals surface area contributed by atoms with Gasteiger partial charge >= 0.3 is 0 Å². The Morgan fingerprint density at radius 2 is 2.14 bits per heavy atom. The minimum atomic E-state index is -3.14. The number of hydrogen-bond acceptors (Lipinski definition) is 4. The summed E-state index contributed by atoms with van der Waals surface area (Å²) < 4.78 is 25.7. The third kappa shape index (κ3) is 4.52. The van der Waals surface area contributed by atoms with Crippen LogP contribution in [-0.4, -0.2) is 37.5 Å². The second-order valence-corrected chi connectivity index (χ2v) is 8.21. The van der Waals surface area contributed by atoms with Crippen LogP contribution in [0.4, 0.5) is 5.69 Å². The Kier molecular flexibility index (Phi) is 5.78. The van der Waals surface area contributed by atoms with Crippen LogP contribution in [0, 0.1) is 5.92 Å². The Bertz CT molecular complexity index is 547. The maximum absolute atomic E-state index is 12.1. The third-order valence-electron chi connectivity index (χ3n) is 3.76. The van der Waals surface area contributed by atoms with Gasteiger partial charge in [-0.15, -0.1) is 0 Å². The lowest BCUT2D eigenvalue weighted by Gasteiger charge is -2.30. The highest BCUT2D eigenvalue weighted by Gasteiger charge is 2.30. The van der Waals surface area contributed by atoms with Gasteiger partial charge in [0.2, 0.25) is 15.9 Å². The Balaban J connectivity index is 1.84. The molecule has 2 heterocycles. The first-order chi connectivity index (χ1) is 10.0. The predicted octanol–water partition coefficient (Wildman–Crippen LogP) is 2.53. The molecule has 0 saturated carbocycles. The molecule has 1 N–H and O–H groups in total. The maximum atomic E-state index is 12.1. The van der Waals surface area contributed by atoms with Crippen molar-refractivity contribution >= 4 is 33.0 Å². The molecule has 0 aromatic carbocycles. The van der Waals surface area contributed by atoms with E-state index in [4.69, 9.17) is 0 Å². The minimum absolute atomic E-state index is 0.000920. The smallest absolute Gasteiger partial charge is 0.227 e. The molecule has 1 aliphatic heterocycles. The lowest BCUT2D eigenvalue weighted by Crippen LogP contribution is -2.42. The molecule has 21 heavy (non-hydrogen) atoms. The largest absolute Gasteiger partial charge is 0.325 e. The second-order valence-electron chi connectivity index (χ2n) is 5.34. The fraction of sp³-hybridized carbons (Fsp3) is 0.643. The van der Waals surface area contributed by atoms with Crippen LogP contribution in [0.1, 0.15) is 32.6 Å². The first kappa shape index (κ1) is 16.5. The van der Waals surface area contributed by atoms with Crippen molar-refractivity contribution in [2.45, 2.75) is 32.6 Å². The van der Waals surface area contributed by atoms with Crippen molar-refractivity contribution in [3.63, 3.8) is 0 Å². The molecule has 0 radical (unpaired) electrons. The number of carbonyl (C=O) groups is 1. The van der Waals surface area contributed by atoms with Crippen molar-refractivity contribution in [2.75, 3.05) is 24.2 Å². The second kappa shape index (κ2) is 7.38. The molecule has 1 fully saturated rings. The van der Waals surface area contributed by atoms with Crippen molar-refractivity contribution in [1.29, 1.82) is 0 Å². The highest BCUT2D eigenvalue weighted by atomic mass is 32.2. The summed E-state index contributed by atoms with van der Waals surface area (Å²) in [6, 6.07) is 1.87. The zero-order valence-electron chi connectivity index (χ0n) is 12.2. The SMILES string of the molecule is CCCCS(=O)(=O)N1CCC(C(=O)Nc2ccsc2)CC1. The van der Waals surface area contributed by atoms with Crippen molar-refractivity contribution in [2.24, 2.45) is 5.92 Å². The Hall–Kier alpha value is -0.920. The molecule has 0 atom stereocenters. The molecule has 2 rings (SSSR count). The normalized spacial score (nSPS) is 17.8. The number of piperidine rings is 1. The first-order valence-corrected chi connectivity index (χ1v) is 9.89. The van der Waals surface area contributed by atoms with Gasteiger partial charge in [0, 0.05) is 24.4 Å². The van der Waals surface area contributed by atoms with E-state index in [1.165, 1.54) is 15.6 Å². The maximum Gasteiger partial charge on any atom is 0.227 e. The zero-order valence-corrected chi connectivity index (χ0v) is 13.9. The number of hydrogen-bond donors (Lipinski definition) is 1. The van der Waals surface area contributed by atoms with Crippen LogP contribution in [0.15, 0.2) is 16.8 Å². The fourth-order valence-corrected chi connectivity index (χ4v) is 4.70. The summed E-state index contributed by atoms with van der Waals surface area (Å²) in [5.74, 6) is 0.122. The van der Waals surface area contributed by atoms with Gasteiger partial charge in [-0.3, -0.25) is 4.79 Å². The van der Waals surface area contributed by atoms with Gasteiger partial charge in [-0.1, -0.05) is 13.3 Å². The van der Waals surface area contributed by atoms with E-state index < -0.39 is 10.0 Å². The average molecular weight is 330 g/mol. The highest BCUT2D eigenvalue weighted by Crippen LogP contribution is 2.22. The number of unbranched alkanes of at least 4 members (excludes halogenated alkanes) is 1. The summed E-state index contributed by atoms with van der Waals surface area (Å²) in [5.41, 5.74) is 0.822. The van der Waals surface area contributed by atoms with Gasteiger partial charge < -0.3 is 5.32 Å². The molecular formula is C14H22N2O3S2. The predicted molar refractivity (Wildman–Crippen MR) is 85.9 cm³/mol. The highest BCUT2D eigenvalue weighted by molar-refractivity contribution is 7.89. The minimum Gasteiger partial charge on any atom is -0.325 e. The summed E-state index contributed by atoms with van der Waals surface area (Å²) in [6.45, 7) is 2.89. The Morgan fingerprint density at radius 1 is 1.43 bits per heavy atom. The van der Waals surface area contributed by atoms with E-state index in [9.17, 15) is 13.2 Å². The molecule has 1 amide bonds. The number of amides is 1. The molecule has 1 aliphatic rings. The quantitative estimate of drug-likeness (QED) is 0.871. The van der Waals surface area contributed by atoms with E-state index >= 15 is 0 Å².